The first-order valence-corrected chi connectivity index (χ1v) is 9.43. The van der Waals surface area contributed by atoms with Crippen molar-refractivity contribution in [1.82, 2.24) is 15.5 Å². The van der Waals surface area contributed by atoms with Crippen molar-refractivity contribution < 1.29 is 29.4 Å². The van der Waals surface area contributed by atoms with Gasteiger partial charge in [0.25, 0.3) is 0 Å². The van der Waals surface area contributed by atoms with Gasteiger partial charge in [-0.25, -0.2) is 4.79 Å². The van der Waals surface area contributed by atoms with Crippen molar-refractivity contribution in [3.63, 3.8) is 0 Å². The van der Waals surface area contributed by atoms with Gasteiger partial charge in [0, 0.05) is 6.54 Å². The minimum Gasteiger partial charge on any atom is -0.480 e. The molecule has 0 radical (unpaired) electrons. The SMILES string of the molecule is CC(N)C(=O)NC(CCCCN)C(=O)NC(CO)C(=O)N1CCCC1C(=O)O. The van der Waals surface area contributed by atoms with Crippen LogP contribution in [0.5, 0.6) is 0 Å². The first-order valence-electron chi connectivity index (χ1n) is 9.43. The first-order chi connectivity index (χ1) is 13.2. The summed E-state index contributed by atoms with van der Waals surface area (Å²) < 4.78 is 0. The molecule has 4 atom stereocenters. The maximum absolute atomic E-state index is 12.6. The highest BCUT2D eigenvalue weighted by molar-refractivity contribution is 5.94. The van der Waals surface area contributed by atoms with Gasteiger partial charge in [-0.1, -0.05) is 0 Å². The third-order valence-electron chi connectivity index (χ3n) is 4.61. The van der Waals surface area contributed by atoms with Gasteiger partial charge in [-0.05, 0) is 45.6 Å². The Kier molecular flexibility index (Phi) is 9.83. The predicted octanol–water partition coefficient (Wildman–Crippen LogP) is -2.50. The molecule has 0 aromatic rings. The van der Waals surface area contributed by atoms with E-state index >= 15 is 0 Å². The van der Waals surface area contributed by atoms with Gasteiger partial charge in [0.1, 0.15) is 18.1 Å². The number of carboxylic acid groups (broad SMARTS) is 1. The molecule has 1 heterocycles. The third kappa shape index (κ3) is 6.73. The molecular weight excluding hydrogens is 370 g/mol. The number of nitrogens with one attached hydrogen (secondary N) is 2. The molecule has 1 rings (SSSR count). The number of hydrogen-bond donors (Lipinski definition) is 6. The van der Waals surface area contributed by atoms with Crippen molar-refractivity contribution in [3.8, 4) is 0 Å². The molecule has 0 spiro atoms. The summed E-state index contributed by atoms with van der Waals surface area (Å²) in [7, 11) is 0. The topological polar surface area (TPSA) is 188 Å². The first kappa shape index (κ1) is 23.8. The summed E-state index contributed by atoms with van der Waals surface area (Å²) in [5.74, 6) is -2.97. The van der Waals surface area contributed by atoms with Crippen LogP contribution in [0, 0.1) is 0 Å². The van der Waals surface area contributed by atoms with Gasteiger partial charge in [0.2, 0.25) is 17.7 Å². The average molecular weight is 401 g/mol. The minimum absolute atomic E-state index is 0.240. The van der Waals surface area contributed by atoms with Crippen LogP contribution in [0.25, 0.3) is 0 Å². The Balaban J connectivity index is 2.81. The number of aliphatic carboxylic acids is 1. The van der Waals surface area contributed by atoms with E-state index in [0.717, 1.165) is 4.90 Å². The van der Waals surface area contributed by atoms with E-state index in [0.29, 0.717) is 32.2 Å². The van der Waals surface area contributed by atoms with Gasteiger partial charge < -0.3 is 37.2 Å². The summed E-state index contributed by atoms with van der Waals surface area (Å²) in [5.41, 5.74) is 11.0. The van der Waals surface area contributed by atoms with Gasteiger partial charge in [0.15, 0.2) is 0 Å². The molecule has 0 bridgehead atoms. The maximum atomic E-state index is 12.6. The lowest BCUT2D eigenvalue weighted by Crippen LogP contribution is -2.57. The minimum atomic E-state index is -1.29. The molecule has 3 amide bonds. The van der Waals surface area contributed by atoms with Crippen LogP contribution in [-0.4, -0.2) is 82.7 Å². The van der Waals surface area contributed by atoms with Gasteiger partial charge in [-0.2, -0.15) is 0 Å². The summed E-state index contributed by atoms with van der Waals surface area (Å²) in [5, 5.41) is 23.7. The average Bonchev–Trinajstić information content (AvgIpc) is 3.14. The fourth-order valence-corrected chi connectivity index (χ4v) is 3.01. The highest BCUT2D eigenvalue weighted by atomic mass is 16.4. The Bertz CT molecular complexity index is 570. The molecule has 11 nitrogen and oxygen atoms in total. The fraction of sp³-hybridized carbons (Fsp3) is 0.765. The van der Waals surface area contributed by atoms with Crippen molar-refractivity contribution in [2.75, 3.05) is 19.7 Å². The monoisotopic (exact) mass is 401 g/mol. The summed E-state index contributed by atoms with van der Waals surface area (Å²) >= 11 is 0. The number of nitrogens with zero attached hydrogens (tertiary/aromatic N) is 1. The zero-order valence-corrected chi connectivity index (χ0v) is 16.1. The Morgan fingerprint density at radius 2 is 1.79 bits per heavy atom. The highest BCUT2D eigenvalue weighted by Crippen LogP contribution is 2.18. The molecule has 1 saturated heterocycles. The molecule has 4 unspecified atom stereocenters. The molecule has 0 aromatic heterocycles. The number of likely N-dealkylation sites (tertiary alicyclic amines) is 1. The second-order valence-electron chi connectivity index (χ2n) is 6.91. The van der Waals surface area contributed by atoms with E-state index in [1.54, 1.807) is 0 Å². The number of hydrogen-bond acceptors (Lipinski definition) is 7. The van der Waals surface area contributed by atoms with Crippen LogP contribution < -0.4 is 22.1 Å². The molecular formula is C17H31N5O6. The molecule has 8 N–H and O–H groups in total. The summed E-state index contributed by atoms with van der Waals surface area (Å²) in [6, 6.07) is -4.03. The Morgan fingerprint density at radius 1 is 1.14 bits per heavy atom. The lowest BCUT2D eigenvalue weighted by atomic mass is 10.1. The van der Waals surface area contributed by atoms with Gasteiger partial charge in [-0.15, -0.1) is 0 Å². The second-order valence-corrected chi connectivity index (χ2v) is 6.91. The molecule has 28 heavy (non-hydrogen) atoms. The van der Waals surface area contributed by atoms with E-state index in [2.05, 4.69) is 10.6 Å². The lowest BCUT2D eigenvalue weighted by Gasteiger charge is -2.28. The number of aliphatic hydroxyl groups excluding tert-OH is 1. The van der Waals surface area contributed by atoms with Crippen LogP contribution in [0.3, 0.4) is 0 Å². The van der Waals surface area contributed by atoms with Crippen molar-refractivity contribution >= 4 is 23.7 Å². The van der Waals surface area contributed by atoms with Gasteiger partial charge >= 0.3 is 5.97 Å². The predicted molar refractivity (Wildman–Crippen MR) is 99.9 cm³/mol. The van der Waals surface area contributed by atoms with E-state index in [1.165, 1.54) is 6.92 Å². The normalized spacial score (nSPS) is 19.6. The number of carbonyl (C=O) groups is 4. The van der Waals surface area contributed by atoms with E-state index in [1.807, 2.05) is 0 Å². The Hall–Kier alpha value is -2.24. The molecule has 1 fully saturated rings. The van der Waals surface area contributed by atoms with Crippen LogP contribution in [0.4, 0.5) is 0 Å². The van der Waals surface area contributed by atoms with Crippen molar-refractivity contribution in [2.45, 2.75) is 63.2 Å². The van der Waals surface area contributed by atoms with E-state index in [-0.39, 0.29) is 13.0 Å². The number of nitrogens with two attached hydrogens (primary N) is 2. The molecule has 1 aliphatic rings. The smallest absolute Gasteiger partial charge is 0.326 e. The molecule has 0 saturated carbocycles. The molecule has 0 aliphatic carbocycles. The zero-order chi connectivity index (χ0) is 21.3. The van der Waals surface area contributed by atoms with Crippen molar-refractivity contribution in [2.24, 2.45) is 11.5 Å². The van der Waals surface area contributed by atoms with Crippen LogP contribution in [0.2, 0.25) is 0 Å². The molecule has 0 aromatic carbocycles. The summed E-state index contributed by atoms with van der Waals surface area (Å²) in [4.78, 5) is 49.5. The third-order valence-corrected chi connectivity index (χ3v) is 4.61. The van der Waals surface area contributed by atoms with Gasteiger partial charge in [-0.3, -0.25) is 14.4 Å². The van der Waals surface area contributed by atoms with Crippen LogP contribution in [0.15, 0.2) is 0 Å². The van der Waals surface area contributed by atoms with E-state index < -0.39 is 54.5 Å². The standard InChI is InChI=1S/C17H31N5O6/c1-10(19)14(24)20-11(5-2-3-7-18)15(25)21-12(9-23)16(26)22-8-4-6-13(22)17(27)28/h10-13,23H,2-9,18-19H2,1H3,(H,20,24)(H,21,25)(H,27,28). The fourth-order valence-electron chi connectivity index (χ4n) is 3.01. The quantitative estimate of drug-likeness (QED) is 0.205. The number of rotatable bonds is 11. The lowest BCUT2D eigenvalue weighted by molar-refractivity contribution is -0.150. The number of amides is 3. The number of aliphatic hydroxyl groups is 1. The van der Waals surface area contributed by atoms with Crippen LogP contribution in [-0.2, 0) is 19.2 Å². The maximum Gasteiger partial charge on any atom is 0.326 e. The molecule has 11 heteroatoms. The number of unbranched alkanes of at least 4 members (excludes halogenated alkanes) is 1. The number of carbonyl (C=O) groups excluding carboxylic acids is 3. The van der Waals surface area contributed by atoms with Crippen LogP contribution >= 0.6 is 0 Å². The largest absolute Gasteiger partial charge is 0.480 e. The highest BCUT2D eigenvalue weighted by Gasteiger charge is 2.38. The molecule has 1 aliphatic heterocycles. The van der Waals surface area contributed by atoms with Crippen molar-refractivity contribution in [1.29, 1.82) is 0 Å². The Morgan fingerprint density at radius 3 is 2.32 bits per heavy atom. The zero-order valence-electron chi connectivity index (χ0n) is 16.1. The van der Waals surface area contributed by atoms with Crippen molar-refractivity contribution in [3.05, 3.63) is 0 Å². The number of carboxylic acids is 1. The van der Waals surface area contributed by atoms with E-state index in [4.69, 9.17) is 11.5 Å². The summed E-state index contributed by atoms with van der Waals surface area (Å²) in [6.45, 7) is 1.45. The van der Waals surface area contributed by atoms with Crippen LogP contribution in [0.1, 0.15) is 39.0 Å². The summed E-state index contributed by atoms with van der Waals surface area (Å²) in [6.07, 6.45) is 2.35. The van der Waals surface area contributed by atoms with E-state index in [9.17, 15) is 29.4 Å². The Labute approximate surface area is 163 Å². The molecule has 160 valence electrons. The second kappa shape index (κ2) is 11.6. The van der Waals surface area contributed by atoms with Gasteiger partial charge in [0.05, 0.1) is 12.6 Å².